The molecule has 0 saturated heterocycles. The molecule has 0 amide bonds. The van der Waals surface area contributed by atoms with Gasteiger partial charge in [0.2, 0.25) is 5.88 Å². The van der Waals surface area contributed by atoms with Gasteiger partial charge in [-0.3, -0.25) is 4.98 Å². The molecule has 2 rings (SSSR count). The van der Waals surface area contributed by atoms with Crippen LogP contribution in [0.1, 0.15) is 9.67 Å². The average molecular weight is 236 g/mol. The van der Waals surface area contributed by atoms with Crippen LogP contribution in [0.2, 0.25) is 0 Å². The summed E-state index contributed by atoms with van der Waals surface area (Å²) >= 11 is 1.07. The second-order valence-electron chi connectivity index (χ2n) is 2.90. The molecule has 0 aliphatic rings. The van der Waals surface area contributed by atoms with Crippen LogP contribution in [-0.2, 0) is 0 Å². The zero-order valence-electron chi connectivity index (χ0n) is 8.38. The monoisotopic (exact) mass is 236 g/mol. The fraction of sp³-hybridized carbons (Fsp3) is 0.100. The van der Waals surface area contributed by atoms with E-state index in [1.54, 1.807) is 18.5 Å². The molecule has 0 atom stereocenters. The second kappa shape index (κ2) is 4.28. The molecule has 1 N–H and O–H groups in total. The molecular formula is C10H8N2O3S. The van der Waals surface area contributed by atoms with Crippen LogP contribution in [0, 0.1) is 0 Å². The van der Waals surface area contributed by atoms with Gasteiger partial charge < -0.3 is 9.84 Å². The van der Waals surface area contributed by atoms with Crippen LogP contribution >= 0.6 is 11.3 Å². The Hall–Kier alpha value is -1.95. The van der Waals surface area contributed by atoms with Crippen molar-refractivity contribution in [1.29, 1.82) is 0 Å². The van der Waals surface area contributed by atoms with Gasteiger partial charge >= 0.3 is 5.97 Å². The fourth-order valence-electron chi connectivity index (χ4n) is 1.19. The standard InChI is InChI=1S/C10H8N2O3S/c1-15-8-7(10(13)14)16-9(12-8)6-3-2-4-11-5-6/h2-5H,1H3,(H,13,14). The van der Waals surface area contributed by atoms with E-state index >= 15 is 0 Å². The van der Waals surface area contributed by atoms with Gasteiger partial charge in [0.05, 0.1) is 7.11 Å². The van der Waals surface area contributed by atoms with Gasteiger partial charge in [0.25, 0.3) is 0 Å². The maximum Gasteiger partial charge on any atom is 0.351 e. The summed E-state index contributed by atoms with van der Waals surface area (Å²) in [7, 11) is 1.40. The van der Waals surface area contributed by atoms with E-state index in [1.807, 2.05) is 6.07 Å². The summed E-state index contributed by atoms with van der Waals surface area (Å²) in [5, 5.41) is 9.52. The molecule has 2 aromatic heterocycles. The number of thiazole rings is 1. The van der Waals surface area contributed by atoms with Crippen molar-refractivity contribution in [2.24, 2.45) is 0 Å². The third-order valence-electron chi connectivity index (χ3n) is 1.89. The highest BCUT2D eigenvalue weighted by molar-refractivity contribution is 7.17. The number of hydrogen-bond donors (Lipinski definition) is 1. The SMILES string of the molecule is COc1nc(-c2cccnc2)sc1C(=O)O. The predicted octanol–water partition coefficient (Wildman–Crippen LogP) is 1.91. The minimum Gasteiger partial charge on any atom is -0.480 e. The summed E-state index contributed by atoms with van der Waals surface area (Å²) in [5.41, 5.74) is 0.776. The quantitative estimate of drug-likeness (QED) is 0.881. The minimum atomic E-state index is -1.04. The lowest BCUT2D eigenvalue weighted by atomic mass is 10.3. The number of hydrogen-bond acceptors (Lipinski definition) is 5. The topological polar surface area (TPSA) is 72.3 Å². The molecule has 0 saturated carbocycles. The maximum atomic E-state index is 10.9. The molecule has 0 bridgehead atoms. The second-order valence-corrected chi connectivity index (χ2v) is 3.90. The Morgan fingerprint density at radius 3 is 2.88 bits per heavy atom. The van der Waals surface area contributed by atoms with E-state index in [4.69, 9.17) is 9.84 Å². The van der Waals surface area contributed by atoms with Crippen molar-refractivity contribution in [2.45, 2.75) is 0 Å². The highest BCUT2D eigenvalue weighted by Crippen LogP contribution is 2.31. The molecule has 0 radical (unpaired) electrons. The van der Waals surface area contributed by atoms with Crippen LogP contribution < -0.4 is 4.74 Å². The number of aromatic carboxylic acids is 1. The van der Waals surface area contributed by atoms with Crippen LogP contribution in [0.4, 0.5) is 0 Å². The number of ether oxygens (including phenoxy) is 1. The molecule has 16 heavy (non-hydrogen) atoms. The van der Waals surface area contributed by atoms with Crippen molar-refractivity contribution in [3.8, 4) is 16.5 Å². The molecule has 5 nitrogen and oxygen atoms in total. The van der Waals surface area contributed by atoms with Crippen molar-refractivity contribution in [1.82, 2.24) is 9.97 Å². The lowest BCUT2D eigenvalue weighted by Gasteiger charge is -1.93. The zero-order chi connectivity index (χ0) is 11.5. The Labute approximate surface area is 95.4 Å². The van der Waals surface area contributed by atoms with Crippen molar-refractivity contribution >= 4 is 17.3 Å². The fourth-order valence-corrected chi connectivity index (χ4v) is 2.06. The first-order valence-corrected chi connectivity index (χ1v) is 5.22. The Balaban J connectivity index is 2.48. The number of carbonyl (C=O) groups is 1. The van der Waals surface area contributed by atoms with Gasteiger partial charge in [-0.15, -0.1) is 11.3 Å². The minimum absolute atomic E-state index is 0.0985. The van der Waals surface area contributed by atoms with Gasteiger partial charge in [0.15, 0.2) is 4.88 Å². The lowest BCUT2D eigenvalue weighted by molar-refractivity contribution is 0.0698. The normalized spacial score (nSPS) is 10.1. The summed E-state index contributed by atoms with van der Waals surface area (Å²) in [6, 6.07) is 3.58. The number of carboxylic acid groups (broad SMARTS) is 1. The third-order valence-corrected chi connectivity index (χ3v) is 2.97. The van der Waals surface area contributed by atoms with E-state index in [2.05, 4.69) is 9.97 Å². The molecule has 2 heterocycles. The summed E-state index contributed by atoms with van der Waals surface area (Å²) in [4.78, 5) is 19.0. The van der Waals surface area contributed by atoms with E-state index in [-0.39, 0.29) is 10.8 Å². The molecule has 0 aliphatic heterocycles. The van der Waals surface area contributed by atoms with E-state index < -0.39 is 5.97 Å². The van der Waals surface area contributed by atoms with Crippen LogP contribution in [0.3, 0.4) is 0 Å². The first kappa shape index (κ1) is 10.6. The van der Waals surface area contributed by atoms with Crippen molar-refractivity contribution in [2.75, 3.05) is 7.11 Å². The Bertz CT molecular complexity index is 510. The molecule has 0 aliphatic carbocycles. The largest absolute Gasteiger partial charge is 0.480 e. The Morgan fingerprint density at radius 1 is 1.56 bits per heavy atom. The third kappa shape index (κ3) is 1.87. The highest BCUT2D eigenvalue weighted by Gasteiger charge is 2.18. The van der Waals surface area contributed by atoms with Crippen LogP contribution in [0.25, 0.3) is 10.6 Å². The van der Waals surface area contributed by atoms with E-state index in [0.717, 1.165) is 16.9 Å². The average Bonchev–Trinajstić information content (AvgIpc) is 2.74. The van der Waals surface area contributed by atoms with Crippen LogP contribution in [0.15, 0.2) is 24.5 Å². The molecule has 0 unspecified atom stereocenters. The van der Waals surface area contributed by atoms with Crippen molar-refractivity contribution in [3.63, 3.8) is 0 Å². The smallest absolute Gasteiger partial charge is 0.351 e. The molecule has 2 aromatic rings. The van der Waals surface area contributed by atoms with Crippen LogP contribution in [-0.4, -0.2) is 28.2 Å². The Kier molecular flexibility index (Phi) is 2.82. The molecule has 0 aromatic carbocycles. The van der Waals surface area contributed by atoms with Gasteiger partial charge in [0, 0.05) is 18.0 Å². The van der Waals surface area contributed by atoms with Crippen molar-refractivity contribution < 1.29 is 14.6 Å². The van der Waals surface area contributed by atoms with E-state index in [0.29, 0.717) is 5.01 Å². The number of methoxy groups -OCH3 is 1. The number of aromatic nitrogens is 2. The van der Waals surface area contributed by atoms with Gasteiger partial charge in [0.1, 0.15) is 5.01 Å². The summed E-state index contributed by atoms with van der Waals surface area (Å²) < 4.78 is 4.91. The summed E-state index contributed by atoms with van der Waals surface area (Å²) in [6.45, 7) is 0. The van der Waals surface area contributed by atoms with Gasteiger partial charge in [-0.1, -0.05) is 0 Å². The molecule has 0 spiro atoms. The number of carboxylic acids is 1. The number of nitrogens with zero attached hydrogens (tertiary/aromatic N) is 2. The van der Waals surface area contributed by atoms with E-state index in [1.165, 1.54) is 7.11 Å². The summed E-state index contributed by atoms with van der Waals surface area (Å²) in [6.07, 6.45) is 3.27. The zero-order valence-corrected chi connectivity index (χ0v) is 9.19. The molecule has 82 valence electrons. The molecule has 0 fully saturated rings. The Morgan fingerprint density at radius 2 is 2.38 bits per heavy atom. The first-order chi connectivity index (χ1) is 7.72. The van der Waals surface area contributed by atoms with Gasteiger partial charge in [-0.05, 0) is 12.1 Å². The lowest BCUT2D eigenvalue weighted by Crippen LogP contribution is -1.95. The summed E-state index contributed by atoms with van der Waals surface area (Å²) in [5.74, 6) is -0.902. The first-order valence-electron chi connectivity index (χ1n) is 4.41. The van der Waals surface area contributed by atoms with E-state index in [9.17, 15) is 4.79 Å². The predicted molar refractivity (Wildman–Crippen MR) is 58.9 cm³/mol. The molecule has 6 heteroatoms. The van der Waals surface area contributed by atoms with Gasteiger partial charge in [-0.2, -0.15) is 0 Å². The molecular weight excluding hydrogens is 228 g/mol. The van der Waals surface area contributed by atoms with Crippen LogP contribution in [0.5, 0.6) is 5.88 Å². The number of pyridine rings is 1. The van der Waals surface area contributed by atoms with Gasteiger partial charge in [-0.25, -0.2) is 9.78 Å². The maximum absolute atomic E-state index is 10.9. The number of rotatable bonds is 3. The highest BCUT2D eigenvalue weighted by atomic mass is 32.1. The van der Waals surface area contributed by atoms with Crippen molar-refractivity contribution in [3.05, 3.63) is 29.4 Å².